The van der Waals surface area contributed by atoms with Crippen LogP contribution in [0.3, 0.4) is 0 Å². The van der Waals surface area contributed by atoms with Gasteiger partial charge in [0.2, 0.25) is 0 Å². The SMILES string of the molecule is CC(C)C(CO)NC(=O)c1cc(Cl)ncc1N. The highest BCUT2D eigenvalue weighted by Crippen LogP contribution is 2.15. The number of aromatic nitrogens is 1. The number of aliphatic hydroxyl groups excluding tert-OH is 1. The molecule has 4 N–H and O–H groups in total. The van der Waals surface area contributed by atoms with Crippen molar-refractivity contribution in [2.24, 2.45) is 5.92 Å². The summed E-state index contributed by atoms with van der Waals surface area (Å²) in [5.74, 6) is -0.234. The molecule has 1 heterocycles. The van der Waals surface area contributed by atoms with Gasteiger partial charge in [-0.05, 0) is 12.0 Å². The molecule has 0 fully saturated rings. The number of rotatable bonds is 4. The van der Waals surface area contributed by atoms with Crippen LogP contribution in [0.25, 0.3) is 0 Å². The monoisotopic (exact) mass is 257 g/mol. The molecule has 1 amide bonds. The molecular weight excluding hydrogens is 242 g/mol. The first-order valence-corrected chi connectivity index (χ1v) is 5.66. The van der Waals surface area contributed by atoms with Gasteiger partial charge in [0.05, 0.1) is 30.1 Å². The molecule has 6 heteroatoms. The summed E-state index contributed by atoms with van der Waals surface area (Å²) < 4.78 is 0. The fourth-order valence-corrected chi connectivity index (χ4v) is 1.46. The smallest absolute Gasteiger partial charge is 0.253 e. The maximum Gasteiger partial charge on any atom is 0.253 e. The molecule has 1 rings (SSSR count). The molecule has 0 aliphatic heterocycles. The minimum absolute atomic E-state index is 0.123. The van der Waals surface area contributed by atoms with E-state index < -0.39 is 0 Å². The van der Waals surface area contributed by atoms with E-state index in [-0.39, 0.29) is 40.9 Å². The molecule has 0 saturated carbocycles. The first-order chi connectivity index (χ1) is 7.95. The van der Waals surface area contributed by atoms with Gasteiger partial charge in [0, 0.05) is 0 Å². The number of pyridine rings is 1. The van der Waals surface area contributed by atoms with Gasteiger partial charge in [-0.2, -0.15) is 0 Å². The molecule has 94 valence electrons. The van der Waals surface area contributed by atoms with Crippen molar-refractivity contribution in [3.05, 3.63) is 23.0 Å². The van der Waals surface area contributed by atoms with Gasteiger partial charge in [0.15, 0.2) is 0 Å². The summed E-state index contributed by atoms with van der Waals surface area (Å²) in [5, 5.41) is 12.0. The molecule has 0 aliphatic rings. The van der Waals surface area contributed by atoms with Crippen molar-refractivity contribution >= 4 is 23.2 Å². The lowest BCUT2D eigenvalue weighted by molar-refractivity contribution is 0.0897. The zero-order valence-corrected chi connectivity index (χ0v) is 10.5. The number of anilines is 1. The summed E-state index contributed by atoms with van der Waals surface area (Å²) in [6.07, 6.45) is 1.33. The number of aliphatic hydroxyl groups is 1. The number of nitrogen functional groups attached to an aromatic ring is 1. The van der Waals surface area contributed by atoms with Gasteiger partial charge in [-0.15, -0.1) is 0 Å². The van der Waals surface area contributed by atoms with Gasteiger partial charge in [-0.1, -0.05) is 25.4 Å². The molecule has 0 bridgehead atoms. The topological polar surface area (TPSA) is 88.2 Å². The molecule has 17 heavy (non-hydrogen) atoms. The number of hydrogen-bond donors (Lipinski definition) is 3. The Morgan fingerprint density at radius 1 is 1.65 bits per heavy atom. The third kappa shape index (κ3) is 3.57. The predicted octanol–water partition coefficient (Wildman–Crippen LogP) is 1.06. The Balaban J connectivity index is 2.86. The maximum atomic E-state index is 11.9. The number of nitrogens with two attached hydrogens (primary N) is 1. The number of hydrogen-bond acceptors (Lipinski definition) is 4. The fraction of sp³-hybridized carbons (Fsp3) is 0.455. The van der Waals surface area contributed by atoms with Crippen LogP contribution in [0.15, 0.2) is 12.3 Å². The summed E-state index contributed by atoms with van der Waals surface area (Å²) in [4.78, 5) is 15.7. The van der Waals surface area contributed by atoms with E-state index in [9.17, 15) is 4.79 Å². The zero-order valence-electron chi connectivity index (χ0n) is 9.77. The van der Waals surface area contributed by atoms with Crippen LogP contribution in [0.2, 0.25) is 5.15 Å². The van der Waals surface area contributed by atoms with Gasteiger partial charge in [-0.3, -0.25) is 4.79 Å². The number of carbonyl (C=O) groups excluding carboxylic acids is 1. The second-order valence-electron chi connectivity index (χ2n) is 4.10. The van der Waals surface area contributed by atoms with Crippen LogP contribution in [-0.4, -0.2) is 28.6 Å². The standard InChI is InChI=1S/C11H16ClN3O2/c1-6(2)9(5-16)15-11(17)7-3-10(12)14-4-8(7)13/h3-4,6,9,16H,5,13H2,1-2H3,(H,15,17). The highest BCUT2D eigenvalue weighted by Gasteiger charge is 2.18. The van der Waals surface area contributed by atoms with Crippen molar-refractivity contribution in [2.45, 2.75) is 19.9 Å². The third-order valence-corrected chi connectivity index (χ3v) is 2.67. The van der Waals surface area contributed by atoms with Gasteiger partial charge >= 0.3 is 0 Å². The van der Waals surface area contributed by atoms with Crippen molar-refractivity contribution in [3.8, 4) is 0 Å². The van der Waals surface area contributed by atoms with E-state index in [2.05, 4.69) is 10.3 Å². The minimum Gasteiger partial charge on any atom is -0.397 e. The Kier molecular flexibility index (Phi) is 4.72. The molecule has 1 unspecified atom stereocenters. The van der Waals surface area contributed by atoms with E-state index in [1.165, 1.54) is 12.3 Å². The van der Waals surface area contributed by atoms with E-state index in [0.717, 1.165) is 0 Å². The largest absolute Gasteiger partial charge is 0.397 e. The Morgan fingerprint density at radius 3 is 2.82 bits per heavy atom. The molecule has 1 aromatic heterocycles. The Labute approximate surface area is 105 Å². The third-order valence-electron chi connectivity index (χ3n) is 2.46. The number of carbonyl (C=O) groups is 1. The lowest BCUT2D eigenvalue weighted by Crippen LogP contribution is -2.41. The number of nitrogens with zero attached hydrogens (tertiary/aromatic N) is 1. The van der Waals surface area contributed by atoms with Gasteiger partial charge in [-0.25, -0.2) is 4.98 Å². The maximum absolute atomic E-state index is 11.9. The van der Waals surface area contributed by atoms with Gasteiger partial charge in [0.25, 0.3) is 5.91 Å². The van der Waals surface area contributed by atoms with Crippen LogP contribution < -0.4 is 11.1 Å². The van der Waals surface area contributed by atoms with Crippen LogP contribution in [0.5, 0.6) is 0 Å². The fourth-order valence-electron chi connectivity index (χ4n) is 1.31. The Bertz CT molecular complexity index is 410. The summed E-state index contributed by atoms with van der Waals surface area (Å²) in [7, 11) is 0. The molecule has 0 radical (unpaired) electrons. The summed E-state index contributed by atoms with van der Waals surface area (Å²) in [5.41, 5.74) is 6.16. The normalized spacial score (nSPS) is 12.5. The zero-order chi connectivity index (χ0) is 13.0. The highest BCUT2D eigenvalue weighted by atomic mass is 35.5. The Hall–Kier alpha value is -1.33. The lowest BCUT2D eigenvalue weighted by Gasteiger charge is -2.20. The lowest BCUT2D eigenvalue weighted by atomic mass is 10.0. The molecule has 0 aromatic carbocycles. The number of nitrogens with one attached hydrogen (secondary N) is 1. The average Bonchev–Trinajstić information content (AvgIpc) is 2.28. The molecule has 0 spiro atoms. The molecule has 1 aromatic rings. The van der Waals surface area contributed by atoms with Crippen LogP contribution >= 0.6 is 11.6 Å². The molecule has 1 atom stereocenters. The van der Waals surface area contributed by atoms with E-state index in [1.54, 1.807) is 0 Å². The molecule has 0 saturated heterocycles. The Morgan fingerprint density at radius 2 is 2.29 bits per heavy atom. The van der Waals surface area contributed by atoms with Crippen molar-refractivity contribution in [1.82, 2.24) is 10.3 Å². The first-order valence-electron chi connectivity index (χ1n) is 5.28. The van der Waals surface area contributed by atoms with E-state index in [0.29, 0.717) is 0 Å². The number of halogens is 1. The van der Waals surface area contributed by atoms with Crippen LogP contribution in [0.4, 0.5) is 5.69 Å². The van der Waals surface area contributed by atoms with E-state index in [4.69, 9.17) is 22.4 Å². The molecular formula is C11H16ClN3O2. The van der Waals surface area contributed by atoms with E-state index in [1.807, 2.05) is 13.8 Å². The van der Waals surface area contributed by atoms with Crippen molar-refractivity contribution in [3.63, 3.8) is 0 Å². The summed E-state index contributed by atoms with van der Waals surface area (Å²) in [6.45, 7) is 3.69. The van der Waals surface area contributed by atoms with Gasteiger partial charge < -0.3 is 16.2 Å². The second kappa shape index (κ2) is 5.84. The van der Waals surface area contributed by atoms with Crippen molar-refractivity contribution < 1.29 is 9.90 Å². The molecule has 5 nitrogen and oxygen atoms in total. The highest BCUT2D eigenvalue weighted by molar-refractivity contribution is 6.29. The summed E-state index contributed by atoms with van der Waals surface area (Å²) >= 11 is 5.70. The minimum atomic E-state index is -0.362. The van der Waals surface area contributed by atoms with Crippen LogP contribution in [-0.2, 0) is 0 Å². The summed E-state index contributed by atoms with van der Waals surface area (Å²) in [6, 6.07) is 1.09. The second-order valence-corrected chi connectivity index (χ2v) is 4.49. The van der Waals surface area contributed by atoms with Crippen molar-refractivity contribution in [1.29, 1.82) is 0 Å². The number of amides is 1. The van der Waals surface area contributed by atoms with E-state index >= 15 is 0 Å². The quantitative estimate of drug-likeness (QED) is 0.704. The van der Waals surface area contributed by atoms with Crippen molar-refractivity contribution in [2.75, 3.05) is 12.3 Å². The average molecular weight is 258 g/mol. The van der Waals surface area contributed by atoms with Crippen LogP contribution in [0, 0.1) is 5.92 Å². The van der Waals surface area contributed by atoms with Crippen LogP contribution in [0.1, 0.15) is 24.2 Å². The molecule has 0 aliphatic carbocycles. The first kappa shape index (κ1) is 13.7. The van der Waals surface area contributed by atoms with Gasteiger partial charge in [0.1, 0.15) is 5.15 Å². The predicted molar refractivity (Wildman–Crippen MR) is 66.8 cm³/mol.